The predicted molar refractivity (Wildman–Crippen MR) is 83.2 cm³/mol. The van der Waals surface area contributed by atoms with Crippen LogP contribution in [-0.4, -0.2) is 29.2 Å². The number of carboxylic acids is 1. The second-order valence-electron chi connectivity index (χ2n) is 7.10. The van der Waals surface area contributed by atoms with Crippen LogP contribution in [-0.2, 0) is 4.79 Å². The second kappa shape index (κ2) is 7.66. The Labute approximate surface area is 127 Å². The molecule has 1 saturated carbocycles. The van der Waals surface area contributed by atoms with E-state index in [9.17, 15) is 9.59 Å². The van der Waals surface area contributed by atoms with Crippen LogP contribution in [0.4, 0.5) is 4.79 Å². The first-order valence-electron chi connectivity index (χ1n) is 8.00. The molecular weight excluding hydrogens is 268 g/mol. The van der Waals surface area contributed by atoms with Crippen molar-refractivity contribution in [2.24, 2.45) is 17.8 Å². The number of hydrogen-bond acceptors (Lipinski definition) is 2. The maximum atomic E-state index is 11.9. The van der Waals surface area contributed by atoms with Crippen molar-refractivity contribution in [3.05, 3.63) is 0 Å². The summed E-state index contributed by atoms with van der Waals surface area (Å²) in [6.07, 6.45) is 4.08. The molecule has 0 radical (unpaired) electrons. The van der Waals surface area contributed by atoms with Crippen LogP contribution in [0.1, 0.15) is 59.8 Å². The lowest BCUT2D eigenvalue weighted by Crippen LogP contribution is -2.50. The van der Waals surface area contributed by atoms with Crippen molar-refractivity contribution in [1.82, 2.24) is 10.6 Å². The molecule has 1 atom stereocenters. The standard InChI is InChI=1S/C16H30N2O3/c1-11(2)12(5-8-14(19)20)9-10-17-15(21)18-16(3,4)13-6-7-13/h11-13H,5-10H2,1-4H3,(H,19,20)(H2,17,18,21). The van der Waals surface area contributed by atoms with Crippen molar-refractivity contribution < 1.29 is 14.7 Å². The van der Waals surface area contributed by atoms with Crippen LogP contribution >= 0.6 is 0 Å². The number of carbonyl (C=O) groups is 2. The van der Waals surface area contributed by atoms with Gasteiger partial charge in [0, 0.05) is 18.5 Å². The number of rotatable bonds is 9. The van der Waals surface area contributed by atoms with E-state index < -0.39 is 5.97 Å². The third-order valence-electron chi connectivity index (χ3n) is 4.51. The molecule has 0 spiro atoms. The molecule has 0 aromatic rings. The van der Waals surface area contributed by atoms with Crippen LogP contribution in [0.15, 0.2) is 0 Å². The lowest BCUT2D eigenvalue weighted by molar-refractivity contribution is -0.137. The van der Waals surface area contributed by atoms with E-state index in [-0.39, 0.29) is 18.0 Å². The molecule has 1 unspecified atom stereocenters. The number of carbonyl (C=O) groups excluding carboxylic acids is 1. The molecule has 21 heavy (non-hydrogen) atoms. The van der Waals surface area contributed by atoms with Gasteiger partial charge in [0.05, 0.1) is 0 Å². The van der Waals surface area contributed by atoms with Gasteiger partial charge in [-0.3, -0.25) is 4.79 Å². The highest BCUT2D eigenvalue weighted by Gasteiger charge is 2.38. The first-order chi connectivity index (χ1) is 9.72. The van der Waals surface area contributed by atoms with E-state index in [1.54, 1.807) is 0 Å². The van der Waals surface area contributed by atoms with Crippen LogP contribution in [0.3, 0.4) is 0 Å². The lowest BCUT2D eigenvalue weighted by Gasteiger charge is -2.26. The summed E-state index contributed by atoms with van der Waals surface area (Å²) in [7, 11) is 0. The van der Waals surface area contributed by atoms with Crippen molar-refractivity contribution in [2.75, 3.05) is 6.54 Å². The Morgan fingerprint density at radius 3 is 2.33 bits per heavy atom. The SMILES string of the molecule is CC(C)C(CCNC(=O)NC(C)(C)C1CC1)CCC(=O)O. The van der Waals surface area contributed by atoms with Crippen LogP contribution in [0.2, 0.25) is 0 Å². The molecule has 0 saturated heterocycles. The number of hydrogen-bond donors (Lipinski definition) is 3. The summed E-state index contributed by atoms with van der Waals surface area (Å²) in [6.45, 7) is 8.92. The third-order valence-corrected chi connectivity index (χ3v) is 4.51. The molecule has 0 aromatic carbocycles. The quantitative estimate of drug-likeness (QED) is 0.612. The van der Waals surface area contributed by atoms with Gasteiger partial charge < -0.3 is 15.7 Å². The minimum Gasteiger partial charge on any atom is -0.481 e. The van der Waals surface area contributed by atoms with Crippen molar-refractivity contribution in [1.29, 1.82) is 0 Å². The maximum Gasteiger partial charge on any atom is 0.315 e. The van der Waals surface area contributed by atoms with Gasteiger partial charge in [0.25, 0.3) is 0 Å². The Morgan fingerprint density at radius 2 is 1.86 bits per heavy atom. The predicted octanol–water partition coefficient (Wildman–Crippen LogP) is 3.00. The Morgan fingerprint density at radius 1 is 1.24 bits per heavy atom. The number of amides is 2. The van der Waals surface area contributed by atoms with E-state index in [4.69, 9.17) is 5.11 Å². The van der Waals surface area contributed by atoms with E-state index in [1.807, 2.05) is 0 Å². The minimum absolute atomic E-state index is 0.118. The van der Waals surface area contributed by atoms with E-state index >= 15 is 0 Å². The molecule has 1 aliphatic rings. The largest absolute Gasteiger partial charge is 0.481 e. The monoisotopic (exact) mass is 298 g/mol. The zero-order valence-corrected chi connectivity index (χ0v) is 13.7. The topological polar surface area (TPSA) is 78.4 Å². The smallest absolute Gasteiger partial charge is 0.315 e. The molecule has 2 amide bonds. The van der Waals surface area contributed by atoms with Crippen molar-refractivity contribution in [2.45, 2.75) is 65.3 Å². The summed E-state index contributed by atoms with van der Waals surface area (Å²) < 4.78 is 0. The highest BCUT2D eigenvalue weighted by molar-refractivity contribution is 5.74. The lowest BCUT2D eigenvalue weighted by atomic mass is 9.88. The first kappa shape index (κ1) is 17.8. The third kappa shape index (κ3) is 6.82. The number of aliphatic carboxylic acids is 1. The maximum absolute atomic E-state index is 11.9. The van der Waals surface area contributed by atoms with Crippen molar-refractivity contribution in [3.63, 3.8) is 0 Å². The summed E-state index contributed by atoms with van der Waals surface area (Å²) in [5.41, 5.74) is -0.134. The van der Waals surface area contributed by atoms with Gasteiger partial charge in [0.2, 0.25) is 0 Å². The molecule has 1 rings (SSSR count). The summed E-state index contributed by atoms with van der Waals surface area (Å²) in [5, 5.41) is 14.7. The van der Waals surface area contributed by atoms with Gasteiger partial charge >= 0.3 is 12.0 Å². The molecule has 5 nitrogen and oxygen atoms in total. The van der Waals surface area contributed by atoms with E-state index in [0.717, 1.165) is 6.42 Å². The molecule has 0 heterocycles. The van der Waals surface area contributed by atoms with Crippen LogP contribution in [0.25, 0.3) is 0 Å². The molecule has 0 aromatic heterocycles. The van der Waals surface area contributed by atoms with E-state index in [1.165, 1.54) is 12.8 Å². The summed E-state index contributed by atoms with van der Waals surface area (Å²) >= 11 is 0. The van der Waals surface area contributed by atoms with Gasteiger partial charge in [0.15, 0.2) is 0 Å². The van der Waals surface area contributed by atoms with Crippen molar-refractivity contribution >= 4 is 12.0 Å². The number of nitrogens with one attached hydrogen (secondary N) is 2. The van der Waals surface area contributed by atoms with Gasteiger partial charge in [-0.05, 0) is 57.3 Å². The molecule has 0 aliphatic heterocycles. The Bertz CT molecular complexity index is 363. The average molecular weight is 298 g/mol. The molecule has 3 N–H and O–H groups in total. The summed E-state index contributed by atoms with van der Waals surface area (Å²) in [6, 6.07) is -0.118. The molecule has 5 heteroatoms. The number of urea groups is 1. The van der Waals surface area contributed by atoms with Gasteiger partial charge in [-0.15, -0.1) is 0 Å². The van der Waals surface area contributed by atoms with Crippen LogP contribution in [0.5, 0.6) is 0 Å². The molecule has 1 aliphatic carbocycles. The van der Waals surface area contributed by atoms with Gasteiger partial charge in [-0.2, -0.15) is 0 Å². The fourth-order valence-corrected chi connectivity index (χ4v) is 2.73. The van der Waals surface area contributed by atoms with Crippen LogP contribution < -0.4 is 10.6 Å². The van der Waals surface area contributed by atoms with Gasteiger partial charge in [-0.1, -0.05) is 13.8 Å². The Kier molecular flexibility index (Phi) is 6.49. The van der Waals surface area contributed by atoms with E-state index in [2.05, 4.69) is 38.3 Å². The Hall–Kier alpha value is -1.26. The normalized spacial score (nSPS) is 16.6. The Balaban J connectivity index is 2.26. The number of carboxylic acid groups (broad SMARTS) is 1. The van der Waals surface area contributed by atoms with Crippen molar-refractivity contribution in [3.8, 4) is 0 Å². The second-order valence-corrected chi connectivity index (χ2v) is 7.10. The van der Waals surface area contributed by atoms with E-state index in [0.29, 0.717) is 30.7 Å². The zero-order chi connectivity index (χ0) is 16.0. The summed E-state index contributed by atoms with van der Waals surface area (Å²) in [5.74, 6) is 0.606. The fraction of sp³-hybridized carbons (Fsp3) is 0.875. The molecular formula is C16H30N2O3. The average Bonchev–Trinajstić information content (AvgIpc) is 3.16. The van der Waals surface area contributed by atoms with Crippen LogP contribution in [0, 0.1) is 17.8 Å². The first-order valence-corrected chi connectivity index (χ1v) is 8.00. The zero-order valence-electron chi connectivity index (χ0n) is 13.7. The van der Waals surface area contributed by atoms with Gasteiger partial charge in [-0.25, -0.2) is 4.79 Å². The highest BCUT2D eigenvalue weighted by Crippen LogP contribution is 2.39. The fourth-order valence-electron chi connectivity index (χ4n) is 2.73. The molecule has 1 fully saturated rings. The molecule has 122 valence electrons. The minimum atomic E-state index is -0.752. The highest BCUT2D eigenvalue weighted by atomic mass is 16.4. The molecule has 0 bridgehead atoms. The summed E-state index contributed by atoms with van der Waals surface area (Å²) in [4.78, 5) is 22.5. The van der Waals surface area contributed by atoms with Gasteiger partial charge in [0.1, 0.15) is 0 Å².